The van der Waals surface area contributed by atoms with Crippen molar-refractivity contribution in [1.82, 2.24) is 9.62 Å². The molecule has 8 heteroatoms. The number of hydrogen-bond acceptors (Lipinski definition) is 5. The van der Waals surface area contributed by atoms with Crippen molar-refractivity contribution in [1.29, 1.82) is 0 Å². The maximum Gasteiger partial charge on any atom is 0.251 e. The molecular formula is C21H24N2O5S. The lowest BCUT2D eigenvalue weighted by atomic mass is 10.1. The van der Waals surface area contributed by atoms with E-state index in [-0.39, 0.29) is 23.5 Å². The fraction of sp³-hybridized carbons (Fsp3) is 0.381. The molecule has 0 aliphatic carbocycles. The molecule has 2 heterocycles. The molecule has 1 atom stereocenters. The highest BCUT2D eigenvalue weighted by molar-refractivity contribution is 7.89. The van der Waals surface area contributed by atoms with Gasteiger partial charge in [-0.2, -0.15) is 4.31 Å². The van der Waals surface area contributed by atoms with E-state index >= 15 is 0 Å². The summed E-state index contributed by atoms with van der Waals surface area (Å²) in [4.78, 5) is 12.9. The lowest BCUT2D eigenvalue weighted by Crippen LogP contribution is -2.41. The zero-order valence-electron chi connectivity index (χ0n) is 16.3. The number of hydrogen-bond donors (Lipinski definition) is 1. The number of aryl methyl sites for hydroxylation is 1. The first kappa shape index (κ1) is 19.7. The second-order valence-electron chi connectivity index (χ2n) is 7.30. The van der Waals surface area contributed by atoms with Crippen molar-refractivity contribution in [3.8, 4) is 11.5 Å². The lowest BCUT2D eigenvalue weighted by Gasteiger charge is -2.26. The maximum atomic E-state index is 12.8. The molecule has 0 spiro atoms. The quantitative estimate of drug-likeness (QED) is 0.809. The molecular weight excluding hydrogens is 392 g/mol. The van der Waals surface area contributed by atoms with Gasteiger partial charge in [0.05, 0.1) is 11.4 Å². The van der Waals surface area contributed by atoms with Crippen LogP contribution in [-0.2, 0) is 10.0 Å². The summed E-state index contributed by atoms with van der Waals surface area (Å²) in [6.07, 6.45) is 1.42. The Hall–Kier alpha value is -2.58. The van der Waals surface area contributed by atoms with Gasteiger partial charge in [0.1, 0.15) is 12.7 Å². The van der Waals surface area contributed by atoms with Crippen LogP contribution < -0.4 is 14.8 Å². The fourth-order valence-corrected chi connectivity index (χ4v) is 5.09. The lowest BCUT2D eigenvalue weighted by molar-refractivity contribution is 0.0789. The number of nitrogens with one attached hydrogen (secondary N) is 1. The third-order valence-electron chi connectivity index (χ3n) is 5.21. The first-order valence-electron chi connectivity index (χ1n) is 9.72. The van der Waals surface area contributed by atoms with Crippen molar-refractivity contribution >= 4 is 15.9 Å². The topological polar surface area (TPSA) is 84.9 Å². The van der Waals surface area contributed by atoms with Crippen molar-refractivity contribution in [3.05, 3.63) is 53.6 Å². The normalized spacial score (nSPS) is 19.1. The minimum Gasteiger partial charge on any atom is -0.486 e. The summed E-state index contributed by atoms with van der Waals surface area (Å²) in [7, 11) is -3.57. The Morgan fingerprint density at radius 1 is 1.14 bits per heavy atom. The average Bonchev–Trinajstić information content (AvgIpc) is 3.28. The summed E-state index contributed by atoms with van der Waals surface area (Å²) < 4.78 is 38.6. The highest BCUT2D eigenvalue weighted by Gasteiger charge is 2.28. The van der Waals surface area contributed by atoms with E-state index < -0.39 is 10.0 Å². The van der Waals surface area contributed by atoms with Gasteiger partial charge in [0, 0.05) is 18.7 Å². The van der Waals surface area contributed by atoms with Gasteiger partial charge in [-0.3, -0.25) is 4.79 Å². The Kier molecular flexibility index (Phi) is 5.47. The Morgan fingerprint density at radius 3 is 2.62 bits per heavy atom. The van der Waals surface area contributed by atoms with E-state index in [1.807, 2.05) is 24.3 Å². The van der Waals surface area contributed by atoms with E-state index in [9.17, 15) is 13.2 Å². The minimum absolute atomic E-state index is 0.154. The van der Waals surface area contributed by atoms with Gasteiger partial charge in [-0.15, -0.1) is 0 Å². The molecule has 2 aliphatic heterocycles. The molecule has 1 saturated heterocycles. The molecule has 1 amide bonds. The maximum absolute atomic E-state index is 12.8. The molecule has 7 nitrogen and oxygen atoms in total. The van der Waals surface area contributed by atoms with Gasteiger partial charge in [-0.1, -0.05) is 18.2 Å². The van der Waals surface area contributed by atoms with Crippen molar-refractivity contribution in [2.24, 2.45) is 0 Å². The van der Waals surface area contributed by atoms with Crippen LogP contribution in [0.1, 0.15) is 28.8 Å². The third-order valence-corrected chi connectivity index (χ3v) is 7.11. The monoisotopic (exact) mass is 416 g/mol. The van der Waals surface area contributed by atoms with Crippen LogP contribution in [0.15, 0.2) is 47.4 Å². The first-order valence-corrected chi connectivity index (χ1v) is 11.2. The summed E-state index contributed by atoms with van der Waals surface area (Å²) >= 11 is 0. The zero-order chi connectivity index (χ0) is 20.4. The molecule has 0 saturated carbocycles. The predicted molar refractivity (Wildman–Crippen MR) is 108 cm³/mol. The first-order chi connectivity index (χ1) is 13.9. The van der Waals surface area contributed by atoms with Crippen molar-refractivity contribution in [2.45, 2.75) is 30.8 Å². The van der Waals surface area contributed by atoms with Crippen molar-refractivity contribution in [2.75, 3.05) is 26.2 Å². The van der Waals surface area contributed by atoms with Crippen LogP contribution >= 0.6 is 0 Å². The van der Waals surface area contributed by atoms with Crippen molar-refractivity contribution < 1.29 is 22.7 Å². The van der Waals surface area contributed by atoms with Crippen LogP contribution in [0.5, 0.6) is 11.5 Å². The fourth-order valence-electron chi connectivity index (χ4n) is 3.55. The van der Waals surface area contributed by atoms with Crippen LogP contribution in [0.25, 0.3) is 0 Å². The Balaban J connectivity index is 1.45. The number of amides is 1. The Labute approximate surface area is 170 Å². The summed E-state index contributed by atoms with van der Waals surface area (Å²) in [5.41, 5.74) is 1.07. The smallest absolute Gasteiger partial charge is 0.251 e. The summed E-state index contributed by atoms with van der Waals surface area (Å²) in [5, 5.41) is 2.84. The molecule has 2 aliphatic rings. The predicted octanol–water partition coefficient (Wildman–Crippen LogP) is 2.35. The Morgan fingerprint density at radius 2 is 1.86 bits per heavy atom. The number of nitrogens with zero attached hydrogens (tertiary/aromatic N) is 1. The summed E-state index contributed by atoms with van der Waals surface area (Å²) in [5.74, 6) is 1.00. The van der Waals surface area contributed by atoms with E-state index in [4.69, 9.17) is 9.47 Å². The van der Waals surface area contributed by atoms with Crippen molar-refractivity contribution in [3.63, 3.8) is 0 Å². The average molecular weight is 416 g/mol. The molecule has 1 fully saturated rings. The number of sulfonamides is 1. The van der Waals surface area contributed by atoms with E-state index in [1.165, 1.54) is 10.4 Å². The highest BCUT2D eigenvalue weighted by Crippen LogP contribution is 2.30. The minimum atomic E-state index is -3.57. The van der Waals surface area contributed by atoms with Crippen LogP contribution in [-0.4, -0.2) is 51.0 Å². The molecule has 2 aromatic carbocycles. The molecule has 2 aromatic rings. The molecule has 0 unspecified atom stereocenters. The summed E-state index contributed by atoms with van der Waals surface area (Å²) in [6.45, 7) is 3.43. The Bertz CT molecular complexity index is 1020. The number of carbonyl (C=O) groups is 1. The van der Waals surface area contributed by atoms with Gasteiger partial charge in [-0.25, -0.2) is 8.42 Å². The molecule has 0 radical (unpaired) electrons. The molecule has 154 valence electrons. The van der Waals surface area contributed by atoms with E-state index in [1.54, 1.807) is 19.1 Å². The third kappa shape index (κ3) is 4.09. The largest absolute Gasteiger partial charge is 0.486 e. The molecule has 29 heavy (non-hydrogen) atoms. The standard InChI is InChI=1S/C21H24N2O5S/c1-15-8-9-17(29(25,26)23-10-4-5-11-23)12-18(15)21(24)22-13-16-14-27-19-6-2-3-7-20(19)28-16/h2-3,6-9,12,16H,4-5,10-11,13-14H2,1H3,(H,22,24)/t16-/m1/s1. The summed E-state index contributed by atoms with van der Waals surface area (Å²) in [6, 6.07) is 12.1. The molecule has 4 rings (SSSR count). The molecule has 0 aromatic heterocycles. The van der Waals surface area contributed by atoms with E-state index in [0.29, 0.717) is 42.3 Å². The number of ether oxygens (including phenoxy) is 2. The van der Waals surface area contributed by atoms with Gasteiger partial charge < -0.3 is 14.8 Å². The van der Waals surface area contributed by atoms with Crippen LogP contribution in [0.2, 0.25) is 0 Å². The number of carbonyl (C=O) groups excluding carboxylic acids is 1. The van der Waals surface area contributed by atoms with E-state index in [2.05, 4.69) is 5.32 Å². The van der Waals surface area contributed by atoms with Gasteiger partial charge >= 0.3 is 0 Å². The number of benzene rings is 2. The number of fused-ring (bicyclic) bond motifs is 1. The zero-order valence-corrected chi connectivity index (χ0v) is 17.1. The van der Waals surface area contributed by atoms with Crippen LogP contribution in [0, 0.1) is 6.92 Å². The number of rotatable bonds is 5. The van der Waals surface area contributed by atoms with Gasteiger partial charge in [0.2, 0.25) is 10.0 Å². The van der Waals surface area contributed by atoms with Crippen LogP contribution in [0.4, 0.5) is 0 Å². The van der Waals surface area contributed by atoms with E-state index in [0.717, 1.165) is 12.8 Å². The second-order valence-corrected chi connectivity index (χ2v) is 9.23. The SMILES string of the molecule is Cc1ccc(S(=O)(=O)N2CCCC2)cc1C(=O)NC[C@@H]1COc2ccccc2O1. The molecule has 1 N–H and O–H groups in total. The number of para-hydroxylation sites is 2. The van der Waals surface area contributed by atoms with Gasteiger partial charge in [0.25, 0.3) is 5.91 Å². The van der Waals surface area contributed by atoms with Gasteiger partial charge in [0.15, 0.2) is 11.5 Å². The second kappa shape index (κ2) is 8.04. The van der Waals surface area contributed by atoms with Crippen LogP contribution in [0.3, 0.4) is 0 Å². The van der Waals surface area contributed by atoms with Gasteiger partial charge in [-0.05, 0) is 49.6 Å². The molecule has 0 bridgehead atoms. The highest BCUT2D eigenvalue weighted by atomic mass is 32.2.